The molecular formula is C22H22O3. The first-order chi connectivity index (χ1) is 11.9. The zero-order chi connectivity index (χ0) is 18.1. The van der Waals surface area contributed by atoms with Crippen LogP contribution in [0, 0.1) is 20.8 Å². The molecule has 3 aromatic rings. The Morgan fingerprint density at radius 2 is 1.48 bits per heavy atom. The van der Waals surface area contributed by atoms with Crippen LogP contribution in [-0.4, -0.2) is 20.0 Å². The van der Waals surface area contributed by atoms with Crippen LogP contribution in [0.4, 0.5) is 0 Å². The average molecular weight is 334 g/mol. The molecular weight excluding hydrogens is 312 g/mol. The molecule has 0 aliphatic carbocycles. The van der Waals surface area contributed by atoms with Crippen LogP contribution in [0.3, 0.4) is 0 Å². The number of methoxy groups -OCH3 is 2. The fourth-order valence-corrected chi connectivity index (χ4v) is 3.40. The lowest BCUT2D eigenvalue weighted by atomic mass is 9.91. The van der Waals surface area contributed by atoms with Gasteiger partial charge in [0.1, 0.15) is 11.5 Å². The van der Waals surface area contributed by atoms with Crippen LogP contribution < -0.4 is 9.47 Å². The molecule has 0 bridgehead atoms. The van der Waals surface area contributed by atoms with Crippen molar-refractivity contribution in [2.75, 3.05) is 14.2 Å². The largest absolute Gasteiger partial charge is 0.497 e. The molecule has 25 heavy (non-hydrogen) atoms. The number of hydrogen-bond acceptors (Lipinski definition) is 3. The summed E-state index contributed by atoms with van der Waals surface area (Å²) in [6, 6.07) is 13.7. The van der Waals surface area contributed by atoms with E-state index in [0.717, 1.165) is 38.8 Å². The minimum atomic E-state index is -0.00966. The van der Waals surface area contributed by atoms with Gasteiger partial charge in [0.05, 0.1) is 19.8 Å². The summed E-state index contributed by atoms with van der Waals surface area (Å²) in [6.45, 7) is 6.00. The summed E-state index contributed by atoms with van der Waals surface area (Å²) in [7, 11) is 3.23. The predicted molar refractivity (Wildman–Crippen MR) is 101 cm³/mol. The van der Waals surface area contributed by atoms with Gasteiger partial charge in [-0.2, -0.15) is 0 Å². The molecule has 0 radical (unpaired) electrons. The highest BCUT2D eigenvalue weighted by Gasteiger charge is 2.19. The summed E-state index contributed by atoms with van der Waals surface area (Å²) in [6.07, 6.45) is 0. The molecule has 0 amide bonds. The summed E-state index contributed by atoms with van der Waals surface area (Å²) in [5, 5.41) is 1.96. The maximum atomic E-state index is 13.2. The van der Waals surface area contributed by atoms with Gasteiger partial charge in [0.25, 0.3) is 0 Å². The van der Waals surface area contributed by atoms with Gasteiger partial charge in [-0.05, 0) is 66.9 Å². The molecule has 128 valence electrons. The average Bonchev–Trinajstić information content (AvgIpc) is 2.58. The standard InChI is InChI=1S/C22H22O3/c1-13-8-14(2)21(15(3)9-13)22(23)19-11-16-6-7-18(24-4)10-17(16)12-20(19)25-5/h6-12H,1-5H3. The number of aryl methyl sites for hydroxylation is 3. The Balaban J connectivity index is 2.19. The first-order valence-electron chi connectivity index (χ1n) is 8.23. The second-order valence-corrected chi connectivity index (χ2v) is 6.37. The topological polar surface area (TPSA) is 35.5 Å². The molecule has 0 saturated carbocycles. The zero-order valence-corrected chi connectivity index (χ0v) is 15.3. The third-order valence-corrected chi connectivity index (χ3v) is 4.51. The number of ketones is 1. The minimum absolute atomic E-state index is 0.00966. The van der Waals surface area contributed by atoms with E-state index in [1.54, 1.807) is 14.2 Å². The van der Waals surface area contributed by atoms with E-state index in [-0.39, 0.29) is 5.78 Å². The Bertz CT molecular complexity index is 947. The van der Waals surface area contributed by atoms with Crippen LogP contribution in [0.5, 0.6) is 11.5 Å². The van der Waals surface area contributed by atoms with Crippen LogP contribution in [0.15, 0.2) is 42.5 Å². The second-order valence-electron chi connectivity index (χ2n) is 6.37. The first-order valence-corrected chi connectivity index (χ1v) is 8.23. The van der Waals surface area contributed by atoms with Crippen LogP contribution in [0.25, 0.3) is 10.8 Å². The van der Waals surface area contributed by atoms with Crippen molar-refractivity contribution in [3.8, 4) is 11.5 Å². The minimum Gasteiger partial charge on any atom is -0.497 e. The van der Waals surface area contributed by atoms with Gasteiger partial charge in [-0.15, -0.1) is 0 Å². The molecule has 0 atom stereocenters. The molecule has 3 heteroatoms. The lowest BCUT2D eigenvalue weighted by Crippen LogP contribution is -2.08. The van der Waals surface area contributed by atoms with Crippen LogP contribution in [-0.2, 0) is 0 Å². The number of fused-ring (bicyclic) bond motifs is 1. The summed E-state index contributed by atoms with van der Waals surface area (Å²) >= 11 is 0. The maximum absolute atomic E-state index is 13.2. The van der Waals surface area contributed by atoms with E-state index >= 15 is 0 Å². The number of ether oxygens (including phenoxy) is 2. The van der Waals surface area contributed by atoms with Gasteiger partial charge < -0.3 is 9.47 Å². The first kappa shape index (κ1) is 17.0. The summed E-state index contributed by atoms with van der Waals surface area (Å²) in [4.78, 5) is 13.2. The molecule has 0 fully saturated rings. The zero-order valence-electron chi connectivity index (χ0n) is 15.3. The molecule has 3 aromatic carbocycles. The van der Waals surface area contributed by atoms with E-state index < -0.39 is 0 Å². The molecule has 3 rings (SSSR count). The van der Waals surface area contributed by atoms with E-state index in [2.05, 4.69) is 0 Å². The van der Waals surface area contributed by atoms with Gasteiger partial charge in [-0.3, -0.25) is 4.79 Å². The molecule has 0 aliphatic rings. The molecule has 0 aliphatic heterocycles. The van der Waals surface area contributed by atoms with Crippen molar-refractivity contribution in [3.63, 3.8) is 0 Å². The molecule has 0 aromatic heterocycles. The Kier molecular flexibility index (Phi) is 4.49. The molecule has 0 saturated heterocycles. The van der Waals surface area contributed by atoms with Crippen molar-refractivity contribution >= 4 is 16.6 Å². The monoisotopic (exact) mass is 334 g/mol. The van der Waals surface area contributed by atoms with Crippen LogP contribution in [0.2, 0.25) is 0 Å². The van der Waals surface area contributed by atoms with Crippen molar-refractivity contribution in [2.45, 2.75) is 20.8 Å². The van der Waals surface area contributed by atoms with Crippen molar-refractivity contribution < 1.29 is 14.3 Å². The molecule has 3 nitrogen and oxygen atoms in total. The Morgan fingerprint density at radius 1 is 0.800 bits per heavy atom. The smallest absolute Gasteiger partial charge is 0.197 e. The van der Waals surface area contributed by atoms with Gasteiger partial charge in [-0.1, -0.05) is 23.8 Å². The van der Waals surface area contributed by atoms with Crippen molar-refractivity contribution in [3.05, 3.63) is 70.3 Å². The number of benzene rings is 3. The second kappa shape index (κ2) is 6.60. The highest BCUT2D eigenvalue weighted by atomic mass is 16.5. The van der Waals surface area contributed by atoms with Crippen LogP contribution in [0.1, 0.15) is 32.6 Å². The fourth-order valence-electron chi connectivity index (χ4n) is 3.40. The number of hydrogen-bond donors (Lipinski definition) is 0. The summed E-state index contributed by atoms with van der Waals surface area (Å²) in [5.41, 5.74) is 4.45. The third-order valence-electron chi connectivity index (χ3n) is 4.51. The lowest BCUT2D eigenvalue weighted by molar-refractivity contribution is 0.103. The number of carbonyl (C=O) groups is 1. The molecule has 0 heterocycles. The third kappa shape index (κ3) is 3.10. The maximum Gasteiger partial charge on any atom is 0.197 e. The van der Waals surface area contributed by atoms with Gasteiger partial charge >= 0.3 is 0 Å². The number of rotatable bonds is 4. The van der Waals surface area contributed by atoms with Gasteiger partial charge in [0.15, 0.2) is 5.78 Å². The normalized spacial score (nSPS) is 10.8. The Hall–Kier alpha value is -2.81. The highest BCUT2D eigenvalue weighted by molar-refractivity contribution is 6.14. The fraction of sp³-hybridized carbons (Fsp3) is 0.227. The van der Waals surface area contributed by atoms with E-state index in [1.807, 2.05) is 63.2 Å². The van der Waals surface area contributed by atoms with Crippen molar-refractivity contribution in [1.29, 1.82) is 0 Å². The Labute approximate surface area is 148 Å². The van der Waals surface area contributed by atoms with Crippen LogP contribution >= 0.6 is 0 Å². The Morgan fingerprint density at radius 3 is 2.08 bits per heavy atom. The van der Waals surface area contributed by atoms with Gasteiger partial charge in [0, 0.05) is 5.56 Å². The van der Waals surface area contributed by atoms with Gasteiger partial charge in [-0.25, -0.2) is 0 Å². The predicted octanol–water partition coefficient (Wildman–Crippen LogP) is 5.01. The van der Waals surface area contributed by atoms with E-state index in [4.69, 9.17) is 9.47 Å². The number of carbonyl (C=O) groups excluding carboxylic acids is 1. The summed E-state index contributed by atoms with van der Waals surface area (Å²) < 4.78 is 10.8. The quantitative estimate of drug-likeness (QED) is 0.629. The molecule has 0 N–H and O–H groups in total. The van der Waals surface area contributed by atoms with E-state index in [9.17, 15) is 4.79 Å². The van der Waals surface area contributed by atoms with E-state index in [1.165, 1.54) is 0 Å². The lowest BCUT2D eigenvalue weighted by Gasteiger charge is -2.14. The van der Waals surface area contributed by atoms with Gasteiger partial charge in [0.2, 0.25) is 0 Å². The molecule has 0 spiro atoms. The highest BCUT2D eigenvalue weighted by Crippen LogP contribution is 2.31. The SMILES string of the molecule is COc1ccc2cc(C(=O)c3c(C)cc(C)cc3C)c(OC)cc2c1. The van der Waals surface area contributed by atoms with Crippen molar-refractivity contribution in [2.24, 2.45) is 0 Å². The summed E-state index contributed by atoms with van der Waals surface area (Å²) in [5.74, 6) is 1.34. The molecule has 0 unspecified atom stereocenters. The van der Waals surface area contributed by atoms with E-state index in [0.29, 0.717) is 11.3 Å². The van der Waals surface area contributed by atoms with Crippen molar-refractivity contribution in [1.82, 2.24) is 0 Å².